The van der Waals surface area contributed by atoms with Gasteiger partial charge in [0.1, 0.15) is 5.82 Å². The molecule has 0 aliphatic rings. The molecular formula is C12H15F4NO. The number of aliphatic hydroxyl groups excluding tert-OH is 1. The zero-order valence-electron chi connectivity index (χ0n) is 10.0. The van der Waals surface area contributed by atoms with Gasteiger partial charge >= 0.3 is 6.18 Å². The van der Waals surface area contributed by atoms with Crippen molar-refractivity contribution < 1.29 is 22.7 Å². The van der Waals surface area contributed by atoms with Crippen LogP contribution in [0, 0.1) is 11.7 Å². The first kappa shape index (κ1) is 14.9. The van der Waals surface area contributed by atoms with E-state index in [0.717, 1.165) is 18.2 Å². The first-order valence-electron chi connectivity index (χ1n) is 5.45. The highest BCUT2D eigenvalue weighted by Crippen LogP contribution is 2.36. The van der Waals surface area contributed by atoms with Gasteiger partial charge in [-0.05, 0) is 18.1 Å². The largest absolute Gasteiger partial charge is 0.416 e. The van der Waals surface area contributed by atoms with Crippen LogP contribution >= 0.6 is 0 Å². The zero-order chi connectivity index (χ0) is 14.1. The Morgan fingerprint density at radius 2 is 1.78 bits per heavy atom. The minimum atomic E-state index is -4.70. The van der Waals surface area contributed by atoms with Crippen LogP contribution in [0.3, 0.4) is 0 Å². The molecule has 1 aromatic carbocycles. The number of nitrogens with two attached hydrogens (primary N) is 1. The molecule has 0 aliphatic carbocycles. The fourth-order valence-electron chi connectivity index (χ4n) is 1.71. The van der Waals surface area contributed by atoms with E-state index in [1.807, 2.05) is 0 Å². The Bertz CT molecular complexity index is 417. The van der Waals surface area contributed by atoms with Gasteiger partial charge in [0.15, 0.2) is 0 Å². The van der Waals surface area contributed by atoms with Gasteiger partial charge in [-0.1, -0.05) is 19.9 Å². The van der Waals surface area contributed by atoms with Crippen molar-refractivity contribution in [2.24, 2.45) is 11.7 Å². The Hall–Kier alpha value is -1.14. The number of benzene rings is 1. The number of rotatable bonds is 3. The number of alkyl halides is 3. The first-order chi connectivity index (χ1) is 8.16. The van der Waals surface area contributed by atoms with Crippen LogP contribution in [0.5, 0.6) is 0 Å². The third-order valence-corrected chi connectivity index (χ3v) is 2.74. The van der Waals surface area contributed by atoms with Crippen LogP contribution in [0.25, 0.3) is 0 Å². The molecule has 3 N–H and O–H groups in total. The maximum Gasteiger partial charge on any atom is 0.416 e. The minimum Gasteiger partial charge on any atom is -0.391 e. The average molecular weight is 265 g/mol. The Morgan fingerprint density at radius 1 is 1.22 bits per heavy atom. The monoisotopic (exact) mass is 265 g/mol. The third-order valence-electron chi connectivity index (χ3n) is 2.74. The van der Waals surface area contributed by atoms with Crippen molar-refractivity contribution in [2.45, 2.75) is 32.2 Å². The summed E-state index contributed by atoms with van der Waals surface area (Å²) in [5, 5.41) is 9.70. The van der Waals surface area contributed by atoms with Gasteiger partial charge in [0.05, 0.1) is 17.7 Å². The van der Waals surface area contributed by atoms with E-state index in [1.54, 1.807) is 13.8 Å². The predicted molar refractivity (Wildman–Crippen MR) is 59.2 cm³/mol. The van der Waals surface area contributed by atoms with Crippen LogP contribution < -0.4 is 5.73 Å². The maximum atomic E-state index is 13.6. The van der Waals surface area contributed by atoms with Crippen LogP contribution in [0.1, 0.15) is 31.0 Å². The van der Waals surface area contributed by atoms with Crippen molar-refractivity contribution in [3.8, 4) is 0 Å². The highest BCUT2D eigenvalue weighted by atomic mass is 19.4. The summed E-state index contributed by atoms with van der Waals surface area (Å²) in [6.07, 6.45) is -5.95. The first-order valence-corrected chi connectivity index (χ1v) is 5.45. The van der Waals surface area contributed by atoms with Crippen LogP contribution in [-0.2, 0) is 6.18 Å². The lowest BCUT2D eigenvalue weighted by atomic mass is 9.91. The number of aliphatic hydroxyl groups is 1. The molecule has 6 heteroatoms. The van der Waals surface area contributed by atoms with Crippen LogP contribution in [0.15, 0.2) is 18.2 Å². The molecule has 0 saturated heterocycles. The summed E-state index contributed by atoms with van der Waals surface area (Å²) in [4.78, 5) is 0. The molecule has 2 nitrogen and oxygen atoms in total. The van der Waals surface area contributed by atoms with E-state index < -0.39 is 35.3 Å². The summed E-state index contributed by atoms with van der Waals surface area (Å²) < 4.78 is 51.8. The molecule has 0 aromatic heterocycles. The van der Waals surface area contributed by atoms with Crippen molar-refractivity contribution in [2.75, 3.05) is 0 Å². The van der Waals surface area contributed by atoms with Crippen molar-refractivity contribution in [1.82, 2.24) is 0 Å². The molecule has 0 spiro atoms. The molecule has 0 fully saturated rings. The maximum absolute atomic E-state index is 13.6. The van der Waals surface area contributed by atoms with Gasteiger partial charge in [0.25, 0.3) is 0 Å². The van der Waals surface area contributed by atoms with E-state index >= 15 is 0 Å². The molecule has 1 aromatic rings. The second-order valence-electron chi connectivity index (χ2n) is 4.46. The lowest BCUT2D eigenvalue weighted by Crippen LogP contribution is -2.33. The van der Waals surface area contributed by atoms with E-state index in [1.165, 1.54) is 0 Å². The van der Waals surface area contributed by atoms with E-state index in [4.69, 9.17) is 5.73 Å². The summed E-state index contributed by atoms with van der Waals surface area (Å²) in [5.74, 6) is -1.43. The fourth-order valence-corrected chi connectivity index (χ4v) is 1.71. The summed E-state index contributed by atoms with van der Waals surface area (Å²) >= 11 is 0. The summed E-state index contributed by atoms with van der Waals surface area (Å²) in [7, 11) is 0. The second kappa shape index (κ2) is 5.24. The van der Waals surface area contributed by atoms with Crippen molar-refractivity contribution in [1.29, 1.82) is 0 Å². The molecule has 0 unspecified atom stereocenters. The van der Waals surface area contributed by atoms with Crippen LogP contribution in [0.4, 0.5) is 17.6 Å². The van der Waals surface area contributed by atoms with Gasteiger partial charge < -0.3 is 10.8 Å². The van der Waals surface area contributed by atoms with Crippen molar-refractivity contribution in [3.05, 3.63) is 35.1 Å². The Kier molecular flexibility index (Phi) is 4.34. The van der Waals surface area contributed by atoms with Gasteiger partial charge in [-0.2, -0.15) is 13.2 Å². The SMILES string of the molecule is CC(C)[C@H](O)[C@H](N)c1c(F)cccc1C(F)(F)F. The molecule has 0 aliphatic heterocycles. The Morgan fingerprint density at radius 3 is 2.22 bits per heavy atom. The number of hydrogen-bond donors (Lipinski definition) is 2. The van der Waals surface area contributed by atoms with E-state index in [0.29, 0.717) is 0 Å². The summed E-state index contributed by atoms with van der Waals surface area (Å²) in [5.41, 5.74) is 3.72. The lowest BCUT2D eigenvalue weighted by Gasteiger charge is -2.25. The summed E-state index contributed by atoms with van der Waals surface area (Å²) in [6, 6.07) is 1.21. The van der Waals surface area contributed by atoms with Crippen molar-refractivity contribution in [3.63, 3.8) is 0 Å². The molecule has 0 radical (unpaired) electrons. The predicted octanol–water partition coefficient (Wildman–Crippen LogP) is 2.86. The molecule has 18 heavy (non-hydrogen) atoms. The van der Waals surface area contributed by atoms with Gasteiger partial charge in [-0.25, -0.2) is 4.39 Å². The zero-order valence-corrected chi connectivity index (χ0v) is 10.0. The van der Waals surface area contributed by atoms with Crippen LogP contribution in [-0.4, -0.2) is 11.2 Å². The molecule has 0 saturated carbocycles. The van der Waals surface area contributed by atoms with E-state index in [-0.39, 0.29) is 5.92 Å². The molecule has 1 rings (SSSR count). The molecule has 0 bridgehead atoms. The molecule has 0 heterocycles. The van der Waals surface area contributed by atoms with Gasteiger partial charge in [0, 0.05) is 5.56 Å². The van der Waals surface area contributed by atoms with Gasteiger partial charge in [-0.15, -0.1) is 0 Å². The molecular weight excluding hydrogens is 250 g/mol. The van der Waals surface area contributed by atoms with E-state index in [9.17, 15) is 22.7 Å². The molecule has 102 valence electrons. The number of halogens is 4. The minimum absolute atomic E-state index is 0.374. The highest BCUT2D eigenvalue weighted by Gasteiger charge is 2.37. The Labute approximate surface area is 102 Å². The smallest absolute Gasteiger partial charge is 0.391 e. The standard InChI is InChI=1S/C12H15F4NO/c1-6(2)11(18)10(17)9-7(12(14,15)16)4-3-5-8(9)13/h3-6,10-11,18H,17H2,1-2H3/t10-,11+/m1/s1. The lowest BCUT2D eigenvalue weighted by molar-refractivity contribution is -0.139. The molecule has 2 atom stereocenters. The Balaban J connectivity index is 3.30. The molecule has 0 amide bonds. The van der Waals surface area contributed by atoms with E-state index in [2.05, 4.69) is 0 Å². The van der Waals surface area contributed by atoms with Gasteiger partial charge in [-0.3, -0.25) is 0 Å². The highest BCUT2D eigenvalue weighted by molar-refractivity contribution is 5.34. The van der Waals surface area contributed by atoms with Gasteiger partial charge in [0.2, 0.25) is 0 Å². The van der Waals surface area contributed by atoms with Crippen molar-refractivity contribution >= 4 is 0 Å². The average Bonchev–Trinajstić information content (AvgIpc) is 2.25. The van der Waals surface area contributed by atoms with Crippen LogP contribution in [0.2, 0.25) is 0 Å². The summed E-state index contributed by atoms with van der Waals surface area (Å²) in [6.45, 7) is 3.19. The fraction of sp³-hybridized carbons (Fsp3) is 0.500. The third kappa shape index (κ3) is 3.00. The number of hydrogen-bond acceptors (Lipinski definition) is 2. The topological polar surface area (TPSA) is 46.2 Å². The quantitative estimate of drug-likeness (QED) is 0.825. The second-order valence-corrected chi connectivity index (χ2v) is 4.46. The normalized spacial score (nSPS) is 15.8.